The minimum atomic E-state index is -0.421. The zero-order valence-electron chi connectivity index (χ0n) is 18.3. The number of aryl methyl sites for hydroxylation is 2. The number of ether oxygens (including phenoxy) is 2. The fourth-order valence-corrected chi connectivity index (χ4v) is 3.89. The number of carbonyl (C=O) groups excluding carboxylic acids is 1. The second kappa shape index (κ2) is 11.1. The van der Waals surface area contributed by atoms with Gasteiger partial charge in [0.2, 0.25) is 0 Å². The number of hydrogen-bond acceptors (Lipinski definition) is 6. The van der Waals surface area contributed by atoms with Crippen LogP contribution in [0, 0.1) is 13.8 Å². The van der Waals surface area contributed by atoms with Crippen LogP contribution >= 0.6 is 11.8 Å². The Labute approximate surface area is 187 Å². The minimum Gasteiger partial charge on any atom is -0.351 e. The second-order valence-corrected chi connectivity index (χ2v) is 8.13. The molecular weight excluding hydrogens is 412 g/mol. The summed E-state index contributed by atoms with van der Waals surface area (Å²) in [5.74, 6) is -0.314. The molecule has 164 valence electrons. The summed E-state index contributed by atoms with van der Waals surface area (Å²) < 4.78 is 12.6. The smallest absolute Gasteiger partial charge is 0.277 e. The van der Waals surface area contributed by atoms with E-state index >= 15 is 0 Å². The molecule has 0 aliphatic carbocycles. The van der Waals surface area contributed by atoms with Crippen molar-refractivity contribution < 1.29 is 14.3 Å². The Morgan fingerprint density at radius 1 is 1.10 bits per heavy atom. The summed E-state index contributed by atoms with van der Waals surface area (Å²) in [5, 5.41) is 10.8. The van der Waals surface area contributed by atoms with Crippen molar-refractivity contribution in [1.82, 2.24) is 15.0 Å². The molecule has 7 nitrogen and oxygen atoms in total. The number of rotatable bonds is 10. The van der Waals surface area contributed by atoms with Crippen molar-refractivity contribution in [2.75, 3.05) is 18.5 Å². The Bertz CT molecular complexity index is 998. The van der Waals surface area contributed by atoms with Gasteiger partial charge in [-0.05, 0) is 63.6 Å². The van der Waals surface area contributed by atoms with E-state index in [-0.39, 0.29) is 11.6 Å². The average molecular weight is 441 g/mol. The van der Waals surface area contributed by atoms with Gasteiger partial charge in [0.05, 0.1) is 12.7 Å². The van der Waals surface area contributed by atoms with Crippen LogP contribution < -0.4 is 5.32 Å². The van der Waals surface area contributed by atoms with Gasteiger partial charge in [0.25, 0.3) is 5.91 Å². The number of benzene rings is 2. The fraction of sp³-hybridized carbons (Fsp3) is 0.348. The third kappa shape index (κ3) is 6.65. The van der Waals surface area contributed by atoms with Crippen LogP contribution in [-0.2, 0) is 16.0 Å². The molecule has 0 atom stereocenters. The number of nitrogens with one attached hydrogen (secondary N) is 1. The summed E-state index contributed by atoms with van der Waals surface area (Å²) in [6.45, 7) is 9.44. The molecule has 0 radical (unpaired) electrons. The highest BCUT2D eigenvalue weighted by molar-refractivity contribution is 7.99. The lowest BCUT2D eigenvalue weighted by molar-refractivity contribution is -0.145. The van der Waals surface area contributed by atoms with E-state index in [1.54, 1.807) is 22.6 Å². The first-order valence-corrected chi connectivity index (χ1v) is 11.1. The van der Waals surface area contributed by atoms with Gasteiger partial charge in [-0.25, -0.2) is 4.68 Å². The normalized spacial score (nSPS) is 11.1. The van der Waals surface area contributed by atoms with Crippen molar-refractivity contribution in [2.24, 2.45) is 0 Å². The maximum absolute atomic E-state index is 12.5. The second-order valence-electron chi connectivity index (χ2n) is 7.02. The van der Waals surface area contributed by atoms with Gasteiger partial charge < -0.3 is 14.8 Å². The number of aromatic nitrogens is 3. The first-order chi connectivity index (χ1) is 15.0. The molecule has 0 fully saturated rings. The van der Waals surface area contributed by atoms with Gasteiger partial charge in [-0.1, -0.05) is 34.7 Å². The molecule has 1 N–H and O–H groups in total. The molecule has 0 saturated heterocycles. The standard InChI is InChI=1S/C23H28N4O3S/c1-5-29-22(30-6-2)15-27-14-20(25-26-27)23(28)24-18-8-10-19(11-9-18)31-21-12-7-16(3)13-17(21)4/h7-14,22H,5-6,15H2,1-4H3,(H,24,28). The Morgan fingerprint density at radius 3 is 2.45 bits per heavy atom. The summed E-state index contributed by atoms with van der Waals surface area (Å²) in [6, 6.07) is 14.2. The van der Waals surface area contributed by atoms with Gasteiger partial charge in [-0.2, -0.15) is 0 Å². The largest absolute Gasteiger partial charge is 0.351 e. The fourth-order valence-electron chi connectivity index (χ4n) is 3.01. The molecule has 0 spiro atoms. The topological polar surface area (TPSA) is 78.3 Å². The van der Waals surface area contributed by atoms with Crippen LogP contribution in [0.25, 0.3) is 0 Å². The molecule has 3 aromatic rings. The highest BCUT2D eigenvalue weighted by Crippen LogP contribution is 2.31. The Hall–Kier alpha value is -2.68. The monoisotopic (exact) mass is 440 g/mol. The van der Waals surface area contributed by atoms with Crippen LogP contribution in [0.5, 0.6) is 0 Å². The summed E-state index contributed by atoms with van der Waals surface area (Å²) in [5.41, 5.74) is 3.44. The zero-order valence-corrected chi connectivity index (χ0v) is 19.1. The Morgan fingerprint density at radius 2 is 1.81 bits per heavy atom. The number of amides is 1. The van der Waals surface area contributed by atoms with E-state index in [1.807, 2.05) is 38.1 Å². The lowest BCUT2D eigenvalue weighted by atomic mass is 10.2. The van der Waals surface area contributed by atoms with Gasteiger partial charge >= 0.3 is 0 Å². The first-order valence-electron chi connectivity index (χ1n) is 10.3. The van der Waals surface area contributed by atoms with E-state index in [0.29, 0.717) is 25.4 Å². The Kier molecular flexibility index (Phi) is 8.22. The minimum absolute atomic E-state index is 0.237. The van der Waals surface area contributed by atoms with Crippen molar-refractivity contribution in [3.05, 3.63) is 65.5 Å². The maximum atomic E-state index is 12.5. The highest BCUT2D eigenvalue weighted by Gasteiger charge is 2.15. The van der Waals surface area contributed by atoms with E-state index < -0.39 is 6.29 Å². The molecular formula is C23H28N4O3S. The number of anilines is 1. The van der Waals surface area contributed by atoms with E-state index in [0.717, 1.165) is 4.90 Å². The molecule has 31 heavy (non-hydrogen) atoms. The van der Waals surface area contributed by atoms with Crippen LogP contribution in [0.15, 0.2) is 58.5 Å². The summed E-state index contributed by atoms with van der Waals surface area (Å²) in [4.78, 5) is 14.8. The average Bonchev–Trinajstić information content (AvgIpc) is 3.20. The van der Waals surface area contributed by atoms with E-state index in [9.17, 15) is 4.79 Å². The van der Waals surface area contributed by atoms with Gasteiger partial charge in [-0.15, -0.1) is 5.10 Å². The van der Waals surface area contributed by atoms with Gasteiger partial charge in [0.15, 0.2) is 12.0 Å². The van der Waals surface area contributed by atoms with Crippen LogP contribution in [0.4, 0.5) is 5.69 Å². The molecule has 0 unspecified atom stereocenters. The van der Waals surface area contributed by atoms with E-state index in [1.165, 1.54) is 16.0 Å². The third-order valence-electron chi connectivity index (χ3n) is 4.48. The van der Waals surface area contributed by atoms with E-state index in [4.69, 9.17) is 9.47 Å². The van der Waals surface area contributed by atoms with Crippen molar-refractivity contribution in [3.63, 3.8) is 0 Å². The summed E-state index contributed by atoms with van der Waals surface area (Å²) in [6.07, 6.45) is 1.17. The molecule has 0 aliphatic rings. The van der Waals surface area contributed by atoms with Gasteiger partial charge in [0, 0.05) is 28.7 Å². The van der Waals surface area contributed by atoms with Gasteiger partial charge in [0.1, 0.15) is 0 Å². The molecule has 0 aliphatic heterocycles. The zero-order chi connectivity index (χ0) is 22.2. The number of carbonyl (C=O) groups is 1. The third-order valence-corrected chi connectivity index (χ3v) is 5.67. The van der Waals surface area contributed by atoms with Gasteiger partial charge in [-0.3, -0.25) is 4.79 Å². The highest BCUT2D eigenvalue weighted by atomic mass is 32.2. The Balaban J connectivity index is 1.58. The van der Waals surface area contributed by atoms with Crippen molar-refractivity contribution in [3.8, 4) is 0 Å². The van der Waals surface area contributed by atoms with Crippen molar-refractivity contribution in [1.29, 1.82) is 0 Å². The summed E-state index contributed by atoms with van der Waals surface area (Å²) in [7, 11) is 0. The quantitative estimate of drug-likeness (QED) is 0.461. The first kappa shape index (κ1) is 23.0. The van der Waals surface area contributed by atoms with Crippen molar-refractivity contribution in [2.45, 2.75) is 50.3 Å². The molecule has 1 amide bonds. The van der Waals surface area contributed by atoms with Crippen LogP contribution in [0.3, 0.4) is 0 Å². The lowest BCUT2D eigenvalue weighted by Crippen LogP contribution is -2.24. The molecule has 1 heterocycles. The SMILES string of the molecule is CCOC(Cn1cc(C(=O)Nc2ccc(Sc3ccc(C)cc3C)cc2)nn1)OCC. The predicted octanol–water partition coefficient (Wildman–Crippen LogP) is 4.70. The van der Waals surface area contributed by atoms with Crippen LogP contribution in [-0.4, -0.2) is 40.4 Å². The maximum Gasteiger partial charge on any atom is 0.277 e. The number of nitrogens with zero attached hydrogens (tertiary/aromatic N) is 3. The van der Waals surface area contributed by atoms with E-state index in [2.05, 4.69) is 47.7 Å². The summed E-state index contributed by atoms with van der Waals surface area (Å²) >= 11 is 1.70. The molecule has 0 saturated carbocycles. The molecule has 0 bridgehead atoms. The number of hydrogen-bond donors (Lipinski definition) is 1. The molecule has 2 aromatic carbocycles. The van der Waals surface area contributed by atoms with Crippen LogP contribution in [0.1, 0.15) is 35.5 Å². The molecule has 3 rings (SSSR count). The molecule has 1 aromatic heterocycles. The van der Waals surface area contributed by atoms with Crippen LogP contribution in [0.2, 0.25) is 0 Å². The predicted molar refractivity (Wildman–Crippen MR) is 121 cm³/mol. The van der Waals surface area contributed by atoms with Crippen molar-refractivity contribution >= 4 is 23.4 Å². The molecule has 8 heteroatoms. The lowest BCUT2D eigenvalue weighted by Gasteiger charge is -2.16.